The van der Waals surface area contributed by atoms with Gasteiger partial charge in [-0.25, -0.2) is 8.78 Å². The van der Waals surface area contributed by atoms with Crippen LogP contribution in [0.1, 0.15) is 5.56 Å². The maximum atomic E-state index is 12.8. The second-order valence-electron chi connectivity index (χ2n) is 4.31. The van der Waals surface area contributed by atoms with Gasteiger partial charge in [0.2, 0.25) is 0 Å². The van der Waals surface area contributed by atoms with Crippen LogP contribution in [0.15, 0.2) is 24.3 Å². The molecule has 0 spiro atoms. The Kier molecular flexibility index (Phi) is 5.35. The lowest BCUT2D eigenvalue weighted by Gasteiger charge is -2.22. The van der Waals surface area contributed by atoms with E-state index in [1.165, 1.54) is 0 Å². The Bertz CT molecular complexity index is 448. The smallest absolute Gasteiger partial charge is 0.383 e. The van der Waals surface area contributed by atoms with Gasteiger partial charge in [-0.3, -0.25) is 4.79 Å². The summed E-state index contributed by atoms with van der Waals surface area (Å²) in [5.41, 5.74) is 1.03. The second kappa shape index (κ2) is 6.58. The number of amides is 1. The summed E-state index contributed by atoms with van der Waals surface area (Å²) in [5, 5.41) is 0. The van der Waals surface area contributed by atoms with Gasteiger partial charge < -0.3 is 9.64 Å². The highest BCUT2D eigenvalue weighted by Gasteiger charge is 2.50. The van der Waals surface area contributed by atoms with Gasteiger partial charge in [0, 0.05) is 7.05 Å². The van der Waals surface area contributed by atoms with E-state index >= 15 is 0 Å². The molecule has 3 nitrogen and oxygen atoms in total. The molecule has 112 valence electrons. The fourth-order valence-electron chi connectivity index (χ4n) is 1.38. The van der Waals surface area contributed by atoms with E-state index in [1.807, 2.05) is 6.92 Å². The standard InChI is InChI=1S/C13H15F4NO2/c1-9-3-5-10(6-4-9)20-8-7-18(2)12(19)13(16,17)11(14)15/h3-6,11H,7-8H2,1-2H3. The van der Waals surface area contributed by atoms with Crippen LogP contribution < -0.4 is 4.74 Å². The number of likely N-dealkylation sites (N-methyl/N-ethyl adjacent to an activating group) is 1. The number of nitrogens with zero attached hydrogens (tertiary/aromatic N) is 1. The molecule has 0 saturated heterocycles. The predicted octanol–water partition coefficient (Wildman–Crippen LogP) is 2.73. The zero-order valence-electron chi connectivity index (χ0n) is 11.1. The molecule has 1 aromatic rings. The van der Waals surface area contributed by atoms with Crippen molar-refractivity contribution in [2.75, 3.05) is 20.2 Å². The molecule has 7 heteroatoms. The fraction of sp³-hybridized carbons (Fsp3) is 0.462. The highest BCUT2D eigenvalue weighted by molar-refractivity contribution is 5.83. The van der Waals surface area contributed by atoms with Crippen LogP contribution in [0.3, 0.4) is 0 Å². The molecule has 0 unspecified atom stereocenters. The third-order valence-corrected chi connectivity index (χ3v) is 2.62. The van der Waals surface area contributed by atoms with Gasteiger partial charge in [0.05, 0.1) is 6.54 Å². The molecule has 0 bridgehead atoms. The number of hydrogen-bond donors (Lipinski definition) is 0. The Morgan fingerprint density at radius 1 is 1.30 bits per heavy atom. The zero-order chi connectivity index (χ0) is 15.3. The molecular weight excluding hydrogens is 278 g/mol. The molecule has 0 atom stereocenters. The van der Waals surface area contributed by atoms with Gasteiger partial charge in [0.15, 0.2) is 0 Å². The lowest BCUT2D eigenvalue weighted by molar-refractivity contribution is -0.179. The van der Waals surface area contributed by atoms with Gasteiger partial charge in [0.25, 0.3) is 5.91 Å². The van der Waals surface area contributed by atoms with E-state index in [9.17, 15) is 22.4 Å². The number of aryl methyl sites for hydroxylation is 1. The van der Waals surface area contributed by atoms with Crippen LogP contribution in [0.5, 0.6) is 5.75 Å². The van der Waals surface area contributed by atoms with E-state index in [0.29, 0.717) is 10.6 Å². The summed E-state index contributed by atoms with van der Waals surface area (Å²) >= 11 is 0. The van der Waals surface area contributed by atoms with Crippen molar-refractivity contribution >= 4 is 5.91 Å². The lowest BCUT2D eigenvalue weighted by atomic mass is 10.2. The third-order valence-electron chi connectivity index (χ3n) is 2.62. The summed E-state index contributed by atoms with van der Waals surface area (Å²) in [5.74, 6) is -6.07. The monoisotopic (exact) mass is 293 g/mol. The molecule has 0 aliphatic rings. The van der Waals surface area contributed by atoms with Crippen molar-refractivity contribution in [2.24, 2.45) is 0 Å². The summed E-state index contributed by atoms with van der Waals surface area (Å²) in [6.45, 7) is 1.61. The Balaban J connectivity index is 2.45. The Morgan fingerprint density at radius 3 is 2.35 bits per heavy atom. The highest BCUT2D eigenvalue weighted by Crippen LogP contribution is 2.24. The zero-order valence-corrected chi connectivity index (χ0v) is 11.1. The fourth-order valence-corrected chi connectivity index (χ4v) is 1.38. The number of rotatable bonds is 6. The molecule has 0 N–H and O–H groups in total. The molecule has 0 heterocycles. The van der Waals surface area contributed by atoms with Gasteiger partial charge in [-0.2, -0.15) is 8.78 Å². The first kappa shape index (κ1) is 16.3. The number of halogens is 4. The third kappa shape index (κ3) is 4.11. The van der Waals surface area contributed by atoms with E-state index in [1.54, 1.807) is 24.3 Å². The average molecular weight is 293 g/mol. The first-order valence-corrected chi connectivity index (χ1v) is 5.86. The van der Waals surface area contributed by atoms with Crippen molar-refractivity contribution in [1.82, 2.24) is 4.90 Å². The van der Waals surface area contributed by atoms with Crippen molar-refractivity contribution in [3.8, 4) is 5.75 Å². The summed E-state index contributed by atoms with van der Waals surface area (Å²) < 4.78 is 54.9. The second-order valence-corrected chi connectivity index (χ2v) is 4.31. The van der Waals surface area contributed by atoms with E-state index in [2.05, 4.69) is 0 Å². The van der Waals surface area contributed by atoms with Crippen molar-refractivity contribution in [3.63, 3.8) is 0 Å². The molecule has 0 saturated carbocycles. The average Bonchev–Trinajstić information content (AvgIpc) is 2.39. The molecule has 0 aliphatic carbocycles. The number of benzene rings is 1. The minimum atomic E-state index is -4.67. The SMILES string of the molecule is Cc1ccc(OCCN(C)C(=O)C(F)(F)C(F)F)cc1. The van der Waals surface area contributed by atoms with Crippen LogP contribution in [0.25, 0.3) is 0 Å². The number of hydrogen-bond acceptors (Lipinski definition) is 2. The quantitative estimate of drug-likeness (QED) is 0.755. The van der Waals surface area contributed by atoms with E-state index in [0.717, 1.165) is 12.6 Å². The van der Waals surface area contributed by atoms with E-state index < -0.39 is 18.3 Å². The minimum Gasteiger partial charge on any atom is -0.492 e. The molecule has 0 aromatic heterocycles. The van der Waals surface area contributed by atoms with Crippen LogP contribution in [0.4, 0.5) is 17.6 Å². The molecule has 0 radical (unpaired) electrons. The largest absolute Gasteiger partial charge is 0.492 e. The lowest BCUT2D eigenvalue weighted by Crippen LogP contribution is -2.47. The van der Waals surface area contributed by atoms with Gasteiger partial charge in [-0.1, -0.05) is 17.7 Å². The van der Waals surface area contributed by atoms with Crippen LogP contribution in [-0.2, 0) is 4.79 Å². The van der Waals surface area contributed by atoms with Crippen molar-refractivity contribution in [2.45, 2.75) is 19.3 Å². The molecular formula is C13H15F4NO2. The molecule has 1 aromatic carbocycles. The topological polar surface area (TPSA) is 29.5 Å². The van der Waals surface area contributed by atoms with Crippen LogP contribution in [0.2, 0.25) is 0 Å². The summed E-state index contributed by atoms with van der Waals surface area (Å²) in [7, 11) is 1.02. The summed E-state index contributed by atoms with van der Waals surface area (Å²) in [6, 6.07) is 6.97. The maximum absolute atomic E-state index is 12.8. The molecule has 0 fully saturated rings. The van der Waals surface area contributed by atoms with Crippen molar-refractivity contribution < 1.29 is 27.1 Å². The van der Waals surface area contributed by atoms with Gasteiger partial charge in [-0.05, 0) is 19.1 Å². The van der Waals surface area contributed by atoms with Gasteiger partial charge in [-0.15, -0.1) is 0 Å². The number of alkyl halides is 4. The van der Waals surface area contributed by atoms with Crippen LogP contribution in [0, 0.1) is 6.92 Å². The molecule has 1 rings (SSSR count). The Hall–Kier alpha value is -1.79. The van der Waals surface area contributed by atoms with Crippen LogP contribution >= 0.6 is 0 Å². The Labute approximate surface area is 114 Å². The number of carbonyl (C=O) groups excluding carboxylic acids is 1. The summed E-state index contributed by atoms with van der Waals surface area (Å²) in [4.78, 5) is 11.7. The van der Waals surface area contributed by atoms with E-state index in [-0.39, 0.29) is 13.2 Å². The molecule has 20 heavy (non-hydrogen) atoms. The molecule has 1 amide bonds. The van der Waals surface area contributed by atoms with Gasteiger partial charge in [0.1, 0.15) is 12.4 Å². The maximum Gasteiger partial charge on any atom is 0.383 e. The number of ether oxygens (including phenoxy) is 1. The first-order chi connectivity index (χ1) is 9.25. The Morgan fingerprint density at radius 2 is 1.85 bits per heavy atom. The van der Waals surface area contributed by atoms with Crippen LogP contribution in [-0.4, -0.2) is 43.4 Å². The van der Waals surface area contributed by atoms with Crippen molar-refractivity contribution in [3.05, 3.63) is 29.8 Å². The first-order valence-electron chi connectivity index (χ1n) is 5.86. The van der Waals surface area contributed by atoms with E-state index in [4.69, 9.17) is 4.74 Å². The number of carbonyl (C=O) groups is 1. The highest BCUT2D eigenvalue weighted by atomic mass is 19.3. The normalized spacial score (nSPS) is 11.6. The van der Waals surface area contributed by atoms with Crippen molar-refractivity contribution in [1.29, 1.82) is 0 Å². The summed E-state index contributed by atoms with van der Waals surface area (Å²) in [6.07, 6.45) is -4.02. The minimum absolute atomic E-state index is 0.0649. The molecule has 0 aliphatic heterocycles. The van der Waals surface area contributed by atoms with Gasteiger partial charge >= 0.3 is 12.3 Å². The predicted molar refractivity (Wildman–Crippen MR) is 65.3 cm³/mol.